The molecule has 0 saturated carbocycles. The van der Waals surface area contributed by atoms with E-state index in [2.05, 4.69) is 21.9 Å². The summed E-state index contributed by atoms with van der Waals surface area (Å²) >= 11 is 0. The highest BCUT2D eigenvalue weighted by Gasteiger charge is 2.40. The van der Waals surface area contributed by atoms with Crippen molar-refractivity contribution in [1.82, 2.24) is 9.80 Å². The lowest BCUT2D eigenvalue weighted by molar-refractivity contribution is -0.135. The summed E-state index contributed by atoms with van der Waals surface area (Å²) in [5.41, 5.74) is 2.92. The first-order valence-electron chi connectivity index (χ1n) is 9.95. The molecule has 4 rings (SSSR count). The van der Waals surface area contributed by atoms with Crippen LogP contribution in [0.15, 0.2) is 60.3 Å². The van der Waals surface area contributed by atoms with E-state index >= 15 is 0 Å². The highest BCUT2D eigenvalue weighted by molar-refractivity contribution is 6.35. The summed E-state index contributed by atoms with van der Waals surface area (Å²) in [6.07, 6.45) is 0. The second kappa shape index (κ2) is 7.99. The Labute approximate surface area is 171 Å². The molecule has 2 aliphatic rings. The molecule has 29 heavy (non-hydrogen) atoms. The van der Waals surface area contributed by atoms with Gasteiger partial charge in [-0.1, -0.05) is 30.3 Å². The van der Waals surface area contributed by atoms with E-state index in [4.69, 9.17) is 4.74 Å². The highest BCUT2D eigenvalue weighted by atomic mass is 16.5. The van der Waals surface area contributed by atoms with E-state index in [1.165, 1.54) is 10.6 Å². The number of ether oxygens (including phenoxy) is 1. The molecule has 0 unspecified atom stereocenters. The van der Waals surface area contributed by atoms with Crippen molar-refractivity contribution in [2.24, 2.45) is 0 Å². The van der Waals surface area contributed by atoms with Crippen molar-refractivity contribution in [2.45, 2.75) is 6.92 Å². The number of hydrogen-bond donors (Lipinski definition) is 0. The lowest BCUT2D eigenvalue weighted by Gasteiger charge is -2.37. The lowest BCUT2D eigenvalue weighted by atomic mass is 10.0. The van der Waals surface area contributed by atoms with Crippen molar-refractivity contribution in [1.29, 1.82) is 0 Å². The highest BCUT2D eigenvalue weighted by Crippen LogP contribution is 2.32. The summed E-state index contributed by atoms with van der Waals surface area (Å²) in [5.74, 6) is 0.270. The molecule has 2 aromatic rings. The van der Waals surface area contributed by atoms with Gasteiger partial charge >= 0.3 is 0 Å². The Morgan fingerprint density at radius 2 is 1.45 bits per heavy atom. The predicted octanol–water partition coefficient (Wildman–Crippen LogP) is 2.62. The van der Waals surface area contributed by atoms with Crippen molar-refractivity contribution in [2.75, 3.05) is 44.7 Å². The monoisotopic (exact) mass is 391 g/mol. The summed E-state index contributed by atoms with van der Waals surface area (Å²) < 4.78 is 5.50. The zero-order valence-electron chi connectivity index (χ0n) is 16.8. The van der Waals surface area contributed by atoms with Gasteiger partial charge < -0.3 is 14.5 Å². The Morgan fingerprint density at radius 1 is 0.828 bits per heavy atom. The number of para-hydroxylation sites is 1. The quantitative estimate of drug-likeness (QED) is 0.734. The van der Waals surface area contributed by atoms with Gasteiger partial charge in [-0.3, -0.25) is 14.5 Å². The molecule has 2 amide bonds. The Morgan fingerprint density at radius 3 is 2.07 bits per heavy atom. The first kappa shape index (κ1) is 19.1. The van der Waals surface area contributed by atoms with Gasteiger partial charge in [0.1, 0.15) is 11.4 Å². The molecule has 2 heterocycles. The van der Waals surface area contributed by atoms with Crippen molar-refractivity contribution >= 4 is 23.1 Å². The van der Waals surface area contributed by atoms with Crippen molar-refractivity contribution in [3.63, 3.8) is 0 Å². The Kier molecular flexibility index (Phi) is 5.25. The molecule has 0 N–H and O–H groups in total. The number of hydrogen-bond acceptors (Lipinski definition) is 5. The number of imide groups is 1. The number of carbonyl (C=O) groups excluding carboxylic acids is 2. The Balaban J connectivity index is 1.60. The van der Waals surface area contributed by atoms with Crippen molar-refractivity contribution in [3.05, 3.63) is 65.9 Å². The van der Waals surface area contributed by atoms with E-state index in [1.54, 1.807) is 7.05 Å². The van der Waals surface area contributed by atoms with Crippen LogP contribution in [0.5, 0.6) is 5.75 Å². The molecule has 0 bridgehead atoms. The normalized spacial score (nSPS) is 17.4. The van der Waals surface area contributed by atoms with Crippen LogP contribution in [0.2, 0.25) is 0 Å². The largest absolute Gasteiger partial charge is 0.494 e. The smallest absolute Gasteiger partial charge is 0.277 e. The molecule has 2 aromatic carbocycles. The van der Waals surface area contributed by atoms with Gasteiger partial charge in [0.15, 0.2) is 0 Å². The predicted molar refractivity (Wildman–Crippen MR) is 113 cm³/mol. The molecule has 2 aliphatic heterocycles. The minimum absolute atomic E-state index is 0.230. The van der Waals surface area contributed by atoms with Gasteiger partial charge in [0.2, 0.25) is 0 Å². The number of rotatable bonds is 5. The maximum absolute atomic E-state index is 12.9. The van der Waals surface area contributed by atoms with Crippen LogP contribution in [0.1, 0.15) is 12.5 Å². The molecule has 0 radical (unpaired) electrons. The van der Waals surface area contributed by atoms with Gasteiger partial charge in [0, 0.05) is 38.9 Å². The molecule has 1 fully saturated rings. The molecule has 0 atom stereocenters. The van der Waals surface area contributed by atoms with Crippen molar-refractivity contribution < 1.29 is 14.3 Å². The standard InChI is InChI=1S/C23H25N3O3/c1-3-29-19-11-9-17(10-12-19)20-21(23(28)24(2)22(20)27)26-15-13-25(14-16-26)18-7-5-4-6-8-18/h4-12H,3,13-16H2,1-2H3. The van der Waals surface area contributed by atoms with Gasteiger partial charge in [-0.2, -0.15) is 0 Å². The molecule has 6 nitrogen and oxygen atoms in total. The van der Waals surface area contributed by atoms with Gasteiger partial charge in [-0.05, 0) is 36.8 Å². The van der Waals surface area contributed by atoms with E-state index in [1.807, 2.05) is 49.4 Å². The topological polar surface area (TPSA) is 53.1 Å². The number of nitrogens with zero attached hydrogens (tertiary/aromatic N) is 3. The van der Waals surface area contributed by atoms with E-state index in [0.29, 0.717) is 31.0 Å². The summed E-state index contributed by atoms with van der Waals surface area (Å²) in [5, 5.41) is 0. The number of anilines is 1. The molecule has 150 valence electrons. The van der Waals surface area contributed by atoms with Crippen LogP contribution in [0.25, 0.3) is 5.57 Å². The van der Waals surface area contributed by atoms with Crippen LogP contribution >= 0.6 is 0 Å². The minimum atomic E-state index is -0.250. The Bertz CT molecular complexity index is 930. The number of benzene rings is 2. The average Bonchev–Trinajstić information content (AvgIpc) is 2.99. The SMILES string of the molecule is CCOc1ccc(C2=C(N3CCN(c4ccccc4)CC3)C(=O)N(C)C2=O)cc1. The van der Waals surface area contributed by atoms with Gasteiger partial charge in [0.25, 0.3) is 11.8 Å². The van der Waals surface area contributed by atoms with Gasteiger partial charge in [0.05, 0.1) is 12.2 Å². The minimum Gasteiger partial charge on any atom is -0.494 e. The third-order valence-corrected chi connectivity index (χ3v) is 5.43. The fourth-order valence-electron chi connectivity index (χ4n) is 3.89. The molecule has 0 aliphatic carbocycles. The van der Waals surface area contributed by atoms with E-state index < -0.39 is 0 Å². The van der Waals surface area contributed by atoms with Crippen LogP contribution in [0.4, 0.5) is 5.69 Å². The number of amides is 2. The molecule has 0 aromatic heterocycles. The van der Waals surface area contributed by atoms with Crippen LogP contribution < -0.4 is 9.64 Å². The summed E-state index contributed by atoms with van der Waals surface area (Å²) in [6.45, 7) is 5.50. The fourth-order valence-corrected chi connectivity index (χ4v) is 3.89. The Hall–Kier alpha value is -3.28. The third-order valence-electron chi connectivity index (χ3n) is 5.43. The summed E-state index contributed by atoms with van der Waals surface area (Å²) in [7, 11) is 1.55. The average molecular weight is 391 g/mol. The first-order valence-corrected chi connectivity index (χ1v) is 9.95. The van der Waals surface area contributed by atoms with Crippen LogP contribution in [0, 0.1) is 0 Å². The zero-order valence-corrected chi connectivity index (χ0v) is 16.8. The number of carbonyl (C=O) groups is 2. The van der Waals surface area contributed by atoms with Crippen LogP contribution in [0.3, 0.4) is 0 Å². The third kappa shape index (κ3) is 3.58. The molecule has 1 saturated heterocycles. The molecule has 0 spiro atoms. The lowest BCUT2D eigenvalue weighted by Crippen LogP contribution is -2.47. The molecular weight excluding hydrogens is 366 g/mol. The second-order valence-electron chi connectivity index (χ2n) is 7.16. The molecule has 6 heteroatoms. The zero-order chi connectivity index (χ0) is 20.4. The number of piperazine rings is 1. The number of likely N-dealkylation sites (N-methyl/N-ethyl adjacent to an activating group) is 1. The first-order chi connectivity index (χ1) is 14.1. The molecular formula is C23H25N3O3. The summed E-state index contributed by atoms with van der Waals surface area (Å²) in [4.78, 5) is 31.3. The maximum Gasteiger partial charge on any atom is 0.277 e. The van der Waals surface area contributed by atoms with Gasteiger partial charge in [-0.25, -0.2) is 0 Å². The maximum atomic E-state index is 12.9. The van der Waals surface area contributed by atoms with E-state index in [-0.39, 0.29) is 11.8 Å². The second-order valence-corrected chi connectivity index (χ2v) is 7.16. The summed E-state index contributed by atoms with van der Waals surface area (Å²) in [6, 6.07) is 17.6. The van der Waals surface area contributed by atoms with Gasteiger partial charge in [-0.15, -0.1) is 0 Å². The fraction of sp³-hybridized carbons (Fsp3) is 0.304. The van der Waals surface area contributed by atoms with Crippen LogP contribution in [-0.2, 0) is 9.59 Å². The van der Waals surface area contributed by atoms with Crippen LogP contribution in [-0.4, -0.2) is 61.4 Å². The van der Waals surface area contributed by atoms with E-state index in [0.717, 1.165) is 24.4 Å². The van der Waals surface area contributed by atoms with E-state index in [9.17, 15) is 9.59 Å². The van der Waals surface area contributed by atoms with Crippen molar-refractivity contribution in [3.8, 4) is 5.75 Å².